The van der Waals surface area contributed by atoms with E-state index in [2.05, 4.69) is 362 Å². The Hall–Kier alpha value is -11.8. The van der Waals surface area contributed by atoms with Gasteiger partial charge in [0.1, 0.15) is 0 Å². The topological polar surface area (TPSA) is 6.48 Å². The van der Waals surface area contributed by atoms with Crippen LogP contribution in [0.15, 0.2) is 352 Å². The van der Waals surface area contributed by atoms with Gasteiger partial charge in [-0.3, -0.25) is 0 Å². The number of benzene rings is 16. The summed E-state index contributed by atoms with van der Waals surface area (Å²) in [4.78, 5) is 4.84. The fourth-order valence-corrected chi connectivity index (χ4v) is 16.8. The van der Waals surface area contributed by atoms with Gasteiger partial charge in [-0.2, -0.15) is 0 Å². The largest absolute Gasteiger partial charge is 0.310 e. The quantitative estimate of drug-likeness (QED) is 0.140. The zero-order chi connectivity index (χ0) is 60.5. The van der Waals surface area contributed by atoms with E-state index in [1.54, 1.807) is 0 Å². The Morgan fingerprint density at radius 2 is 0.522 bits per heavy atom. The van der Waals surface area contributed by atoms with Crippen LogP contribution in [-0.4, -0.2) is 0 Å². The monoisotopic (exact) mass is 1170 g/mol. The predicted octanol–water partition coefficient (Wildman–Crippen LogP) is 23.6. The van der Waals surface area contributed by atoms with Gasteiger partial charge in [0, 0.05) is 33.5 Å². The molecular weight excluding hydrogens is 1110 g/mol. The molecule has 0 radical (unpaired) electrons. The van der Waals surface area contributed by atoms with Gasteiger partial charge in [-0.25, -0.2) is 0 Å². The zero-order valence-electron chi connectivity index (χ0n) is 50.4. The van der Waals surface area contributed by atoms with E-state index in [-0.39, 0.29) is 0 Å². The summed E-state index contributed by atoms with van der Waals surface area (Å²) in [5.74, 6) is 0. The van der Waals surface area contributed by atoms with E-state index >= 15 is 0 Å². The third-order valence-electron chi connectivity index (χ3n) is 20.5. The van der Waals surface area contributed by atoms with E-state index in [1.165, 1.54) is 121 Å². The predicted molar refractivity (Wildman–Crippen MR) is 385 cm³/mol. The fourth-order valence-electron chi connectivity index (χ4n) is 16.8. The molecule has 92 heavy (non-hydrogen) atoms. The average molecular weight is 1170 g/mol. The van der Waals surface area contributed by atoms with Crippen molar-refractivity contribution in [2.75, 3.05) is 9.80 Å². The van der Waals surface area contributed by atoms with Gasteiger partial charge in [0.05, 0.1) is 22.2 Å². The van der Waals surface area contributed by atoms with Gasteiger partial charge in [0.25, 0.3) is 0 Å². The van der Waals surface area contributed by atoms with Crippen molar-refractivity contribution in [2.24, 2.45) is 0 Å². The summed E-state index contributed by atoms with van der Waals surface area (Å²) in [5, 5.41) is 9.73. The first kappa shape index (κ1) is 52.1. The number of hydrogen-bond acceptors (Lipinski definition) is 2. The molecule has 0 aromatic heterocycles. The molecule has 2 heteroatoms. The summed E-state index contributed by atoms with van der Waals surface area (Å²) in [6, 6.07) is 132. The van der Waals surface area contributed by atoms with E-state index in [9.17, 15) is 0 Å². The molecule has 3 aliphatic rings. The molecule has 0 amide bonds. The van der Waals surface area contributed by atoms with Gasteiger partial charge < -0.3 is 9.80 Å². The lowest BCUT2D eigenvalue weighted by Gasteiger charge is -2.48. The summed E-state index contributed by atoms with van der Waals surface area (Å²) in [6.45, 7) is 0. The van der Waals surface area contributed by atoms with Crippen LogP contribution in [0.5, 0.6) is 0 Å². The lowest BCUT2D eigenvalue weighted by molar-refractivity contribution is 0.633. The Morgan fingerprint density at radius 1 is 0.185 bits per heavy atom. The minimum Gasteiger partial charge on any atom is -0.310 e. The van der Waals surface area contributed by atoms with E-state index in [1.807, 2.05) is 0 Å². The van der Waals surface area contributed by atoms with E-state index in [0.717, 1.165) is 45.3 Å². The molecule has 3 aliphatic carbocycles. The Morgan fingerprint density at radius 3 is 1.03 bits per heavy atom. The van der Waals surface area contributed by atoms with Crippen LogP contribution in [0.2, 0.25) is 0 Å². The maximum absolute atomic E-state index is 2.48. The number of anilines is 6. The third kappa shape index (κ3) is 7.38. The van der Waals surface area contributed by atoms with E-state index in [4.69, 9.17) is 0 Å². The first-order chi connectivity index (χ1) is 45.7. The van der Waals surface area contributed by atoms with Crippen molar-refractivity contribution in [1.82, 2.24) is 0 Å². The molecule has 2 spiro atoms. The zero-order valence-corrected chi connectivity index (χ0v) is 50.4. The van der Waals surface area contributed by atoms with Crippen LogP contribution in [0, 0.1) is 0 Å². The molecule has 16 aromatic carbocycles. The highest BCUT2D eigenvalue weighted by atomic mass is 15.1. The Balaban J connectivity index is 0.736. The van der Waals surface area contributed by atoms with Crippen molar-refractivity contribution < 1.29 is 0 Å². The summed E-state index contributed by atoms with van der Waals surface area (Å²) in [6.07, 6.45) is 0. The van der Waals surface area contributed by atoms with Crippen molar-refractivity contribution in [2.45, 2.75) is 10.8 Å². The SMILES string of the molecule is c1ccc(N(c2ccc(-c3ccc(N(c4ccccc4)c4cc5ccccc5c5cc(-c6cccc7c6-c6ccccc6C76c7ccccc7C7(c8ccccc8-c8ccccc87)c7ccccc76)ccc45)cc3)cc2)c2cc3ccccc3c3ccccc23)cc1. The number of fused-ring (bicyclic) bond motifs is 22. The Bertz CT molecular complexity index is 5550. The molecule has 0 heterocycles. The molecular formula is C90H58N2. The van der Waals surface area contributed by atoms with Gasteiger partial charge in [-0.1, -0.05) is 285 Å². The average Bonchev–Trinajstić information content (AvgIpc) is 1.44. The second kappa shape index (κ2) is 20.3. The van der Waals surface area contributed by atoms with E-state index < -0.39 is 10.8 Å². The van der Waals surface area contributed by atoms with Crippen molar-refractivity contribution >= 4 is 77.2 Å². The van der Waals surface area contributed by atoms with Gasteiger partial charge >= 0.3 is 0 Å². The highest BCUT2D eigenvalue weighted by Crippen LogP contribution is 2.68. The van der Waals surface area contributed by atoms with Crippen LogP contribution in [0.4, 0.5) is 34.1 Å². The number of rotatable bonds is 8. The molecule has 0 unspecified atom stereocenters. The molecule has 0 saturated carbocycles. The first-order valence-electron chi connectivity index (χ1n) is 32.1. The van der Waals surface area contributed by atoms with E-state index in [0.29, 0.717) is 0 Å². The lowest BCUT2D eigenvalue weighted by Crippen LogP contribution is -2.43. The minimum atomic E-state index is -0.587. The Kier molecular flexibility index (Phi) is 11.5. The maximum atomic E-state index is 2.48. The van der Waals surface area contributed by atoms with Crippen molar-refractivity contribution in [3.05, 3.63) is 396 Å². The smallest absolute Gasteiger partial charge is 0.0720 e. The molecule has 19 rings (SSSR count). The van der Waals surface area contributed by atoms with Crippen LogP contribution < -0.4 is 9.80 Å². The second-order valence-corrected chi connectivity index (χ2v) is 24.9. The molecule has 428 valence electrons. The maximum Gasteiger partial charge on any atom is 0.0720 e. The van der Waals surface area contributed by atoms with Crippen LogP contribution in [-0.2, 0) is 10.8 Å². The molecule has 16 aromatic rings. The Labute approximate surface area is 535 Å². The van der Waals surface area contributed by atoms with Crippen LogP contribution in [0.1, 0.15) is 44.5 Å². The molecule has 0 bridgehead atoms. The highest BCUT2D eigenvalue weighted by molar-refractivity contribution is 6.17. The van der Waals surface area contributed by atoms with Crippen molar-refractivity contribution in [3.8, 4) is 44.5 Å². The summed E-state index contributed by atoms with van der Waals surface area (Å²) in [7, 11) is 0. The summed E-state index contributed by atoms with van der Waals surface area (Å²) < 4.78 is 0. The van der Waals surface area contributed by atoms with Crippen molar-refractivity contribution in [1.29, 1.82) is 0 Å². The van der Waals surface area contributed by atoms with Crippen molar-refractivity contribution in [3.63, 3.8) is 0 Å². The fraction of sp³-hybridized carbons (Fsp3) is 0.0222. The molecule has 0 saturated heterocycles. The molecule has 0 aliphatic heterocycles. The molecule has 0 atom stereocenters. The first-order valence-corrected chi connectivity index (χ1v) is 32.1. The van der Waals surface area contributed by atoms with Gasteiger partial charge in [0.2, 0.25) is 0 Å². The second-order valence-electron chi connectivity index (χ2n) is 24.9. The van der Waals surface area contributed by atoms with Crippen LogP contribution in [0.25, 0.3) is 87.6 Å². The summed E-state index contributed by atoms with van der Waals surface area (Å²) >= 11 is 0. The highest BCUT2D eigenvalue weighted by Gasteiger charge is 2.59. The van der Waals surface area contributed by atoms with Gasteiger partial charge in [-0.15, -0.1) is 0 Å². The molecule has 0 N–H and O–H groups in total. The molecule has 2 nitrogen and oxygen atoms in total. The normalized spacial score (nSPS) is 13.4. The third-order valence-corrected chi connectivity index (χ3v) is 20.5. The molecule has 0 fully saturated rings. The number of nitrogens with zero attached hydrogens (tertiary/aromatic N) is 2. The van der Waals surface area contributed by atoms with Gasteiger partial charge in [0.15, 0.2) is 0 Å². The number of hydrogen-bond donors (Lipinski definition) is 0. The lowest BCUT2D eigenvalue weighted by atomic mass is 9.52. The summed E-state index contributed by atoms with van der Waals surface area (Å²) in [5.41, 5.74) is 26.2. The van der Waals surface area contributed by atoms with Gasteiger partial charge in [-0.05, 0) is 188 Å². The minimum absolute atomic E-state index is 0.498. The van der Waals surface area contributed by atoms with Crippen LogP contribution in [0.3, 0.4) is 0 Å². The number of para-hydroxylation sites is 2. The standard InChI is InChI=1S/C90H58N2/c1-3-26-64(27-4-1)91(86-57-61-24-7-9-30-68(61)71-32-11-12-35-74(71)86)66-51-46-59(47-52-66)60-48-53-67(54-49-60)92(65-28-5-2-6-29-65)87-58-62-25-8-10-31-69(62)77-56-63(50-55-75(77)87)70-37-23-45-85-88(70)76-36-15-18-40-80(76)90(85)83-43-21-19-41-81(83)89(82-42-20-22-44-84(82)90)78-38-16-13-33-72(78)73-34-14-17-39-79(73)89/h1-58H. The van der Waals surface area contributed by atoms with Crippen LogP contribution >= 0.6 is 0 Å².